The maximum absolute atomic E-state index is 3.57. The van der Waals surface area contributed by atoms with Crippen LogP contribution in [0.25, 0.3) is 0 Å². The molecule has 21 heavy (non-hydrogen) atoms. The van der Waals surface area contributed by atoms with E-state index in [1.165, 1.54) is 55.6 Å². The Hall–Kier alpha value is -0.770. The molecule has 1 fully saturated rings. The molecule has 0 radical (unpaired) electrons. The van der Waals surface area contributed by atoms with E-state index in [1.807, 2.05) is 0 Å². The Morgan fingerprint density at radius 3 is 2.90 bits per heavy atom. The normalized spacial score (nSPS) is 22.3. The summed E-state index contributed by atoms with van der Waals surface area (Å²) < 4.78 is 0. The van der Waals surface area contributed by atoms with Gasteiger partial charge in [0, 0.05) is 24.8 Å². The standard InChI is InChI=1S/C17H27N3.ClH/c1-19(2)16-7-4-11-20(12-9-16)13-15-6-3-5-14-8-10-18-17(14)15;/h3,5-6,16,18H,4,7-13H2,1-2H3;1H. The largest absolute Gasteiger partial charge is 0.384 e. The molecular weight excluding hydrogens is 282 g/mol. The number of para-hydroxylation sites is 1. The molecule has 0 spiro atoms. The first-order valence-corrected chi connectivity index (χ1v) is 7.97. The summed E-state index contributed by atoms with van der Waals surface area (Å²) in [6, 6.07) is 7.55. The number of anilines is 1. The number of hydrogen-bond acceptors (Lipinski definition) is 3. The third kappa shape index (κ3) is 3.91. The minimum absolute atomic E-state index is 0. The minimum atomic E-state index is 0. The Bertz CT molecular complexity index is 461. The summed E-state index contributed by atoms with van der Waals surface area (Å²) in [7, 11) is 4.43. The van der Waals surface area contributed by atoms with Gasteiger partial charge < -0.3 is 10.2 Å². The van der Waals surface area contributed by atoms with Gasteiger partial charge in [-0.15, -0.1) is 12.4 Å². The predicted molar refractivity (Wildman–Crippen MR) is 92.5 cm³/mol. The highest BCUT2D eigenvalue weighted by molar-refractivity contribution is 5.85. The van der Waals surface area contributed by atoms with E-state index < -0.39 is 0 Å². The van der Waals surface area contributed by atoms with Crippen LogP contribution in [0.1, 0.15) is 30.4 Å². The maximum Gasteiger partial charge on any atom is 0.0419 e. The van der Waals surface area contributed by atoms with Crippen molar-refractivity contribution in [2.75, 3.05) is 39.0 Å². The number of nitrogens with one attached hydrogen (secondary N) is 1. The lowest BCUT2D eigenvalue weighted by atomic mass is 10.1. The number of rotatable bonds is 3. The van der Waals surface area contributed by atoms with Gasteiger partial charge >= 0.3 is 0 Å². The van der Waals surface area contributed by atoms with Gasteiger partial charge in [-0.1, -0.05) is 18.2 Å². The molecule has 1 atom stereocenters. The lowest BCUT2D eigenvalue weighted by molar-refractivity contribution is 0.245. The predicted octanol–water partition coefficient (Wildman–Crippen LogP) is 2.99. The minimum Gasteiger partial charge on any atom is -0.384 e. The number of halogens is 1. The van der Waals surface area contributed by atoms with Crippen LogP contribution in [-0.2, 0) is 13.0 Å². The third-order valence-corrected chi connectivity index (χ3v) is 4.85. The second-order valence-corrected chi connectivity index (χ2v) is 6.45. The molecule has 0 amide bonds. The molecule has 1 N–H and O–H groups in total. The van der Waals surface area contributed by atoms with Crippen LogP contribution in [0.3, 0.4) is 0 Å². The summed E-state index contributed by atoms with van der Waals surface area (Å²) >= 11 is 0. The molecule has 0 bridgehead atoms. The van der Waals surface area contributed by atoms with Gasteiger partial charge in [0.15, 0.2) is 0 Å². The number of hydrogen-bond donors (Lipinski definition) is 1. The van der Waals surface area contributed by atoms with Gasteiger partial charge in [-0.25, -0.2) is 0 Å². The summed E-state index contributed by atoms with van der Waals surface area (Å²) in [6.45, 7) is 4.69. The van der Waals surface area contributed by atoms with Crippen LogP contribution in [0.2, 0.25) is 0 Å². The van der Waals surface area contributed by atoms with Crippen molar-refractivity contribution < 1.29 is 0 Å². The van der Waals surface area contributed by atoms with E-state index in [0.29, 0.717) is 0 Å². The number of nitrogens with zero attached hydrogens (tertiary/aromatic N) is 2. The highest BCUT2D eigenvalue weighted by atomic mass is 35.5. The zero-order valence-corrected chi connectivity index (χ0v) is 14.1. The van der Waals surface area contributed by atoms with E-state index in [2.05, 4.69) is 47.4 Å². The zero-order valence-electron chi connectivity index (χ0n) is 13.3. The van der Waals surface area contributed by atoms with E-state index in [-0.39, 0.29) is 12.4 Å². The Kier molecular flexibility index (Phi) is 5.91. The van der Waals surface area contributed by atoms with Gasteiger partial charge in [-0.3, -0.25) is 4.90 Å². The maximum atomic E-state index is 3.57. The second-order valence-electron chi connectivity index (χ2n) is 6.45. The Morgan fingerprint density at radius 2 is 2.10 bits per heavy atom. The van der Waals surface area contributed by atoms with Crippen molar-refractivity contribution >= 4 is 18.1 Å². The summed E-state index contributed by atoms with van der Waals surface area (Å²) in [4.78, 5) is 5.03. The second kappa shape index (κ2) is 7.48. The zero-order chi connectivity index (χ0) is 13.9. The van der Waals surface area contributed by atoms with Gasteiger partial charge in [0.1, 0.15) is 0 Å². The summed E-state index contributed by atoms with van der Waals surface area (Å²) in [5, 5.41) is 3.57. The number of likely N-dealkylation sites (tertiary alicyclic amines) is 1. The topological polar surface area (TPSA) is 18.5 Å². The van der Waals surface area contributed by atoms with Gasteiger partial charge in [0.25, 0.3) is 0 Å². The first kappa shape index (κ1) is 16.6. The van der Waals surface area contributed by atoms with Crippen molar-refractivity contribution in [2.45, 2.75) is 38.3 Å². The fourth-order valence-corrected chi connectivity index (χ4v) is 3.60. The van der Waals surface area contributed by atoms with Crippen molar-refractivity contribution in [1.82, 2.24) is 9.80 Å². The van der Waals surface area contributed by atoms with Gasteiger partial charge in [-0.2, -0.15) is 0 Å². The van der Waals surface area contributed by atoms with E-state index in [1.54, 1.807) is 0 Å². The first-order chi connectivity index (χ1) is 9.74. The van der Waals surface area contributed by atoms with Gasteiger partial charge in [0.05, 0.1) is 0 Å². The molecule has 2 heterocycles. The molecule has 3 rings (SSSR count). The summed E-state index contributed by atoms with van der Waals surface area (Å²) in [5.41, 5.74) is 4.41. The van der Waals surface area contributed by atoms with Crippen molar-refractivity contribution in [2.24, 2.45) is 0 Å². The molecular formula is C17H28ClN3. The Balaban J connectivity index is 0.00000161. The summed E-state index contributed by atoms with van der Waals surface area (Å²) in [6.07, 6.45) is 5.15. The average Bonchev–Trinajstić information content (AvgIpc) is 2.79. The molecule has 0 saturated carbocycles. The molecule has 1 unspecified atom stereocenters. The summed E-state index contributed by atoms with van der Waals surface area (Å²) in [5.74, 6) is 0. The Labute approximate surface area is 135 Å². The van der Waals surface area contributed by atoms with Crippen LogP contribution in [0.5, 0.6) is 0 Å². The smallest absolute Gasteiger partial charge is 0.0419 e. The van der Waals surface area contributed by atoms with Crippen molar-refractivity contribution in [3.63, 3.8) is 0 Å². The van der Waals surface area contributed by atoms with Crippen LogP contribution >= 0.6 is 12.4 Å². The van der Waals surface area contributed by atoms with Crippen LogP contribution < -0.4 is 5.32 Å². The molecule has 3 nitrogen and oxygen atoms in total. The van der Waals surface area contributed by atoms with Crippen molar-refractivity contribution in [3.8, 4) is 0 Å². The molecule has 1 saturated heterocycles. The monoisotopic (exact) mass is 309 g/mol. The van der Waals surface area contributed by atoms with E-state index in [9.17, 15) is 0 Å². The first-order valence-electron chi connectivity index (χ1n) is 7.97. The van der Waals surface area contributed by atoms with Crippen LogP contribution in [0, 0.1) is 0 Å². The van der Waals surface area contributed by atoms with Crippen molar-refractivity contribution in [1.29, 1.82) is 0 Å². The van der Waals surface area contributed by atoms with Crippen LogP contribution in [0.15, 0.2) is 18.2 Å². The Morgan fingerprint density at radius 1 is 1.24 bits per heavy atom. The van der Waals surface area contributed by atoms with Gasteiger partial charge in [-0.05, 0) is 64.0 Å². The SMILES string of the molecule is CN(C)C1CCCN(Cc2cccc3c2NCC3)CC1.Cl. The van der Waals surface area contributed by atoms with Crippen LogP contribution in [-0.4, -0.2) is 49.6 Å². The van der Waals surface area contributed by atoms with E-state index in [4.69, 9.17) is 0 Å². The molecule has 1 aromatic carbocycles. The van der Waals surface area contributed by atoms with E-state index in [0.717, 1.165) is 19.1 Å². The molecule has 2 aliphatic heterocycles. The highest BCUT2D eigenvalue weighted by Gasteiger charge is 2.20. The third-order valence-electron chi connectivity index (χ3n) is 4.85. The lowest BCUT2D eigenvalue weighted by Gasteiger charge is -2.24. The average molecular weight is 310 g/mol. The fourth-order valence-electron chi connectivity index (χ4n) is 3.60. The van der Waals surface area contributed by atoms with Crippen molar-refractivity contribution in [3.05, 3.63) is 29.3 Å². The molecule has 1 aromatic rings. The van der Waals surface area contributed by atoms with Gasteiger partial charge in [0.2, 0.25) is 0 Å². The quantitative estimate of drug-likeness (QED) is 0.926. The molecule has 0 aliphatic carbocycles. The molecule has 4 heteroatoms. The molecule has 118 valence electrons. The molecule has 2 aliphatic rings. The highest BCUT2D eigenvalue weighted by Crippen LogP contribution is 2.28. The molecule has 0 aromatic heterocycles. The number of benzene rings is 1. The van der Waals surface area contributed by atoms with E-state index >= 15 is 0 Å². The fraction of sp³-hybridized carbons (Fsp3) is 0.647. The van der Waals surface area contributed by atoms with Crippen LogP contribution in [0.4, 0.5) is 5.69 Å². The lowest BCUT2D eigenvalue weighted by Crippen LogP contribution is -2.30. The number of fused-ring (bicyclic) bond motifs is 1.